The molecule has 12 heteroatoms. The van der Waals surface area contributed by atoms with E-state index in [0.717, 1.165) is 18.4 Å². The smallest absolute Gasteiger partial charge is 0.407 e. The van der Waals surface area contributed by atoms with Gasteiger partial charge in [0.25, 0.3) is 5.56 Å². The third kappa shape index (κ3) is 5.18. The number of benzene rings is 1. The number of hydrogen-bond acceptors (Lipinski definition) is 6. The molecular formula is C30H36ClN5O6. The molecule has 1 atom stereocenters. The highest BCUT2D eigenvalue weighted by Crippen LogP contribution is 2.47. The van der Waals surface area contributed by atoms with Gasteiger partial charge in [0, 0.05) is 24.2 Å². The highest BCUT2D eigenvalue weighted by Gasteiger charge is 2.48. The third-order valence-electron chi connectivity index (χ3n) is 9.04. The normalized spacial score (nSPS) is 22.7. The summed E-state index contributed by atoms with van der Waals surface area (Å²) in [5.74, 6) is 0.157. The zero-order valence-electron chi connectivity index (χ0n) is 24.0. The SMILES string of the molecule is CC1(C)CN(C(=O)O)C(c2ccc(-n3c(Cl)cc4c(=O)n(CC5(O)CCN(C(=O)C6(C)CC6)CC5)cnc43)cc2)CO1. The Bertz CT molecular complexity index is 1600. The van der Waals surface area contributed by atoms with Crippen LogP contribution in [0.3, 0.4) is 0 Å². The van der Waals surface area contributed by atoms with Crippen LogP contribution in [-0.2, 0) is 16.1 Å². The number of nitrogens with zero attached hydrogens (tertiary/aromatic N) is 5. The lowest BCUT2D eigenvalue weighted by atomic mass is 9.90. The first-order chi connectivity index (χ1) is 19.8. The van der Waals surface area contributed by atoms with Crippen molar-refractivity contribution >= 4 is 34.6 Å². The Morgan fingerprint density at radius 1 is 1.10 bits per heavy atom. The highest BCUT2D eigenvalue weighted by atomic mass is 35.5. The molecule has 2 amide bonds. The van der Waals surface area contributed by atoms with Crippen molar-refractivity contribution in [3.8, 4) is 5.69 Å². The van der Waals surface area contributed by atoms with Crippen molar-refractivity contribution in [3.63, 3.8) is 0 Å². The Morgan fingerprint density at radius 2 is 1.76 bits per heavy atom. The van der Waals surface area contributed by atoms with E-state index in [2.05, 4.69) is 4.98 Å². The van der Waals surface area contributed by atoms with E-state index in [9.17, 15) is 24.6 Å². The number of carbonyl (C=O) groups is 2. The number of carboxylic acid groups (broad SMARTS) is 1. The maximum absolute atomic E-state index is 13.5. The monoisotopic (exact) mass is 597 g/mol. The van der Waals surface area contributed by atoms with Crippen LogP contribution in [0.2, 0.25) is 5.15 Å². The Balaban J connectivity index is 1.21. The van der Waals surface area contributed by atoms with Crippen LogP contribution in [0.15, 0.2) is 41.5 Å². The third-order valence-corrected chi connectivity index (χ3v) is 9.32. The minimum absolute atomic E-state index is 0.0753. The van der Waals surface area contributed by atoms with E-state index in [0.29, 0.717) is 47.8 Å². The molecule has 11 nitrogen and oxygen atoms in total. The molecule has 1 aromatic carbocycles. The first-order valence-corrected chi connectivity index (χ1v) is 14.7. The Hall–Kier alpha value is -3.41. The molecule has 42 heavy (non-hydrogen) atoms. The van der Waals surface area contributed by atoms with E-state index < -0.39 is 23.3 Å². The average molecular weight is 598 g/mol. The van der Waals surface area contributed by atoms with Gasteiger partial charge in [-0.3, -0.25) is 23.6 Å². The first kappa shape index (κ1) is 28.7. The number of halogens is 1. The molecule has 1 aliphatic carbocycles. The standard InChI is InChI=1S/C30H36ClN5O6/c1-28(2)16-35(27(39)40)22(15-42-28)19-4-6-20(7-5-19)36-23(31)14-21-24(36)32-18-34(25(21)37)17-30(41)10-12-33(13-11-30)26(38)29(3)8-9-29/h4-7,14,18,22,41H,8-13,15-17H2,1-3H3,(H,39,40). The van der Waals surface area contributed by atoms with Gasteiger partial charge in [-0.25, -0.2) is 9.78 Å². The second kappa shape index (κ2) is 10.1. The van der Waals surface area contributed by atoms with Crippen LogP contribution in [0.1, 0.15) is 58.1 Å². The molecule has 3 aliphatic rings. The lowest BCUT2D eigenvalue weighted by Crippen LogP contribution is -2.51. The van der Waals surface area contributed by atoms with Crippen molar-refractivity contribution in [2.24, 2.45) is 5.41 Å². The van der Waals surface area contributed by atoms with E-state index in [1.54, 1.807) is 10.6 Å². The molecule has 3 aromatic rings. The van der Waals surface area contributed by atoms with Crippen LogP contribution in [0, 0.1) is 5.41 Å². The van der Waals surface area contributed by atoms with Gasteiger partial charge < -0.3 is 19.8 Å². The maximum Gasteiger partial charge on any atom is 0.407 e. The fourth-order valence-corrected chi connectivity index (χ4v) is 6.40. The van der Waals surface area contributed by atoms with Crippen molar-refractivity contribution in [1.29, 1.82) is 0 Å². The summed E-state index contributed by atoms with van der Waals surface area (Å²) in [6.45, 7) is 7.21. The number of piperidine rings is 1. The molecule has 2 aromatic heterocycles. The Morgan fingerprint density at radius 3 is 2.38 bits per heavy atom. The summed E-state index contributed by atoms with van der Waals surface area (Å²) in [6.07, 6.45) is 3.02. The second-order valence-corrected chi connectivity index (χ2v) is 13.3. The molecule has 1 saturated carbocycles. The number of hydrogen-bond donors (Lipinski definition) is 2. The quantitative estimate of drug-likeness (QED) is 0.457. The van der Waals surface area contributed by atoms with Crippen LogP contribution in [0.25, 0.3) is 16.7 Å². The lowest BCUT2D eigenvalue weighted by molar-refractivity contribution is -0.141. The van der Waals surface area contributed by atoms with Gasteiger partial charge in [-0.2, -0.15) is 0 Å². The van der Waals surface area contributed by atoms with Gasteiger partial charge in [-0.05, 0) is 63.3 Å². The number of amides is 2. The average Bonchev–Trinajstić information content (AvgIpc) is 3.61. The Labute approximate surface area is 248 Å². The van der Waals surface area contributed by atoms with E-state index in [1.165, 1.54) is 15.8 Å². The fraction of sp³-hybridized carbons (Fsp3) is 0.533. The number of rotatable bonds is 5. The fourth-order valence-electron chi connectivity index (χ4n) is 6.11. The summed E-state index contributed by atoms with van der Waals surface area (Å²) >= 11 is 6.60. The molecule has 2 saturated heterocycles. The topological polar surface area (TPSA) is 130 Å². The van der Waals surface area contributed by atoms with Crippen molar-refractivity contribution in [2.45, 2.75) is 70.2 Å². The maximum atomic E-state index is 13.5. The minimum Gasteiger partial charge on any atom is -0.465 e. The van der Waals surface area contributed by atoms with Crippen molar-refractivity contribution in [1.82, 2.24) is 23.9 Å². The zero-order valence-corrected chi connectivity index (χ0v) is 24.8. The predicted octanol–water partition coefficient (Wildman–Crippen LogP) is 3.82. The number of ether oxygens (including phenoxy) is 1. The van der Waals surface area contributed by atoms with E-state index in [-0.39, 0.29) is 36.6 Å². The molecule has 2 N–H and O–H groups in total. The largest absolute Gasteiger partial charge is 0.465 e. The van der Waals surface area contributed by atoms with Gasteiger partial charge >= 0.3 is 6.09 Å². The van der Waals surface area contributed by atoms with E-state index in [1.807, 2.05) is 49.9 Å². The summed E-state index contributed by atoms with van der Waals surface area (Å²) in [5, 5.41) is 21.7. The van der Waals surface area contributed by atoms with Gasteiger partial charge in [-0.1, -0.05) is 30.7 Å². The molecule has 224 valence electrons. The molecule has 0 spiro atoms. The molecule has 2 aliphatic heterocycles. The van der Waals surface area contributed by atoms with Gasteiger partial charge in [0.2, 0.25) is 5.91 Å². The number of aliphatic hydroxyl groups is 1. The van der Waals surface area contributed by atoms with Crippen LogP contribution >= 0.6 is 11.6 Å². The summed E-state index contributed by atoms with van der Waals surface area (Å²) < 4.78 is 8.98. The lowest BCUT2D eigenvalue weighted by Gasteiger charge is -2.42. The first-order valence-electron chi connectivity index (χ1n) is 14.3. The molecule has 4 heterocycles. The van der Waals surface area contributed by atoms with Crippen LogP contribution in [0.5, 0.6) is 0 Å². The molecular weight excluding hydrogens is 562 g/mol. The van der Waals surface area contributed by atoms with Crippen LogP contribution < -0.4 is 5.56 Å². The molecule has 0 bridgehead atoms. The number of aromatic nitrogens is 3. The summed E-state index contributed by atoms with van der Waals surface area (Å²) in [7, 11) is 0. The summed E-state index contributed by atoms with van der Waals surface area (Å²) in [4.78, 5) is 45.9. The van der Waals surface area contributed by atoms with E-state index in [4.69, 9.17) is 16.3 Å². The summed E-state index contributed by atoms with van der Waals surface area (Å²) in [5.41, 5.74) is -0.401. The van der Waals surface area contributed by atoms with Crippen molar-refractivity contribution in [3.05, 3.63) is 57.7 Å². The minimum atomic E-state index is -1.12. The van der Waals surface area contributed by atoms with Gasteiger partial charge in [0.05, 0.1) is 42.3 Å². The van der Waals surface area contributed by atoms with Gasteiger partial charge in [0.1, 0.15) is 11.5 Å². The van der Waals surface area contributed by atoms with Crippen LogP contribution in [0.4, 0.5) is 4.79 Å². The van der Waals surface area contributed by atoms with Crippen molar-refractivity contribution < 1.29 is 24.5 Å². The number of carbonyl (C=O) groups excluding carboxylic acids is 1. The van der Waals surface area contributed by atoms with Crippen molar-refractivity contribution in [2.75, 3.05) is 26.2 Å². The number of fused-ring (bicyclic) bond motifs is 1. The summed E-state index contributed by atoms with van der Waals surface area (Å²) in [6, 6.07) is 8.41. The highest BCUT2D eigenvalue weighted by molar-refractivity contribution is 6.31. The Kier molecular flexibility index (Phi) is 6.90. The predicted molar refractivity (Wildman–Crippen MR) is 156 cm³/mol. The molecule has 6 rings (SSSR count). The van der Waals surface area contributed by atoms with E-state index >= 15 is 0 Å². The molecule has 0 radical (unpaired) electrons. The molecule has 3 fully saturated rings. The van der Waals surface area contributed by atoms with Gasteiger partial charge in [-0.15, -0.1) is 0 Å². The number of morpholine rings is 1. The second-order valence-electron chi connectivity index (χ2n) is 12.9. The number of likely N-dealkylation sites (tertiary alicyclic amines) is 1. The van der Waals surface area contributed by atoms with Gasteiger partial charge in [0.15, 0.2) is 5.65 Å². The zero-order chi connectivity index (χ0) is 30.0. The molecule has 1 unspecified atom stereocenters. The van der Waals surface area contributed by atoms with Crippen LogP contribution in [-0.4, -0.2) is 83.6 Å².